The molecule has 6 nitrogen and oxygen atoms in total. The van der Waals surface area contributed by atoms with Gasteiger partial charge in [-0.1, -0.05) is 17.3 Å². The van der Waals surface area contributed by atoms with E-state index in [-0.39, 0.29) is 11.8 Å². The van der Waals surface area contributed by atoms with Crippen LogP contribution in [0.2, 0.25) is 0 Å². The average Bonchev–Trinajstić information content (AvgIpc) is 3.23. The van der Waals surface area contributed by atoms with Crippen molar-refractivity contribution < 1.29 is 9.32 Å². The summed E-state index contributed by atoms with van der Waals surface area (Å²) in [5.41, 5.74) is 3.99. The zero-order chi connectivity index (χ0) is 18.1. The van der Waals surface area contributed by atoms with Crippen LogP contribution in [0.3, 0.4) is 0 Å². The zero-order valence-corrected chi connectivity index (χ0v) is 15.3. The number of amides is 1. The third kappa shape index (κ3) is 3.23. The number of imidazole rings is 1. The van der Waals surface area contributed by atoms with Crippen molar-refractivity contribution in [1.82, 2.24) is 20.0 Å². The number of carbonyl (C=O) groups excluding carboxylic acids is 1. The number of benzene rings is 1. The van der Waals surface area contributed by atoms with Crippen LogP contribution in [0, 0.1) is 13.8 Å². The predicted octanol–water partition coefficient (Wildman–Crippen LogP) is 3.51. The number of aromatic amines is 1. The molecule has 0 spiro atoms. The Morgan fingerprint density at radius 1 is 1.35 bits per heavy atom. The van der Waals surface area contributed by atoms with Crippen LogP contribution < -0.4 is 0 Å². The third-order valence-electron chi connectivity index (χ3n) is 5.34. The summed E-state index contributed by atoms with van der Waals surface area (Å²) >= 11 is 0. The van der Waals surface area contributed by atoms with Crippen LogP contribution >= 0.6 is 0 Å². The van der Waals surface area contributed by atoms with Crippen molar-refractivity contribution in [2.45, 2.75) is 45.4 Å². The molecule has 1 saturated heterocycles. The summed E-state index contributed by atoms with van der Waals surface area (Å²) in [5.74, 6) is 2.29. The first kappa shape index (κ1) is 16.8. The molecular weight excluding hydrogens is 328 g/mol. The normalized spacial score (nSPS) is 17.8. The van der Waals surface area contributed by atoms with Gasteiger partial charge in [-0.05, 0) is 45.2 Å². The Labute approximate surface area is 152 Å². The molecule has 2 aromatic heterocycles. The Bertz CT molecular complexity index is 874. The number of piperidine rings is 1. The van der Waals surface area contributed by atoms with Crippen molar-refractivity contribution in [3.8, 4) is 0 Å². The molecule has 136 valence electrons. The van der Waals surface area contributed by atoms with Gasteiger partial charge in [0.05, 0.1) is 16.7 Å². The van der Waals surface area contributed by atoms with E-state index in [1.165, 1.54) is 0 Å². The topological polar surface area (TPSA) is 75.0 Å². The standard InChI is InChI=1S/C20H24N4O2/c1-13-16(14(2)26-23-13)9-10-19(25)24-11-5-6-15(12-24)20-21-17-7-3-4-8-18(17)22-20/h3-4,7-8,15H,5-6,9-12H2,1-2H3,(H,21,22)/t15-/m1/s1. The van der Waals surface area contributed by atoms with Crippen LogP contribution in [0.25, 0.3) is 11.0 Å². The van der Waals surface area contributed by atoms with Crippen molar-refractivity contribution in [2.75, 3.05) is 13.1 Å². The fraction of sp³-hybridized carbons (Fsp3) is 0.450. The van der Waals surface area contributed by atoms with Crippen LogP contribution in [-0.2, 0) is 11.2 Å². The molecule has 26 heavy (non-hydrogen) atoms. The zero-order valence-electron chi connectivity index (χ0n) is 15.3. The number of H-pyrrole nitrogens is 1. The van der Waals surface area contributed by atoms with Gasteiger partial charge in [-0.3, -0.25) is 4.79 Å². The molecule has 0 bridgehead atoms. The summed E-state index contributed by atoms with van der Waals surface area (Å²) < 4.78 is 5.19. The van der Waals surface area contributed by atoms with Gasteiger partial charge in [-0.2, -0.15) is 0 Å². The molecule has 0 aliphatic carbocycles. The number of likely N-dealkylation sites (tertiary alicyclic amines) is 1. The SMILES string of the molecule is Cc1noc(C)c1CCC(=O)N1CCC[C@@H](c2nc3ccccc3[nH]2)C1. The maximum Gasteiger partial charge on any atom is 0.222 e. The van der Waals surface area contributed by atoms with E-state index in [9.17, 15) is 4.79 Å². The van der Waals surface area contributed by atoms with Crippen molar-refractivity contribution in [2.24, 2.45) is 0 Å². The minimum atomic E-state index is 0.200. The molecule has 1 aromatic carbocycles. The molecule has 1 aliphatic rings. The quantitative estimate of drug-likeness (QED) is 0.780. The predicted molar refractivity (Wildman–Crippen MR) is 98.9 cm³/mol. The first-order chi connectivity index (χ1) is 12.6. The Hall–Kier alpha value is -2.63. The van der Waals surface area contributed by atoms with Crippen LogP contribution in [0.5, 0.6) is 0 Å². The maximum absolute atomic E-state index is 12.7. The number of nitrogens with one attached hydrogen (secondary N) is 1. The number of hydrogen-bond donors (Lipinski definition) is 1. The van der Waals surface area contributed by atoms with Gasteiger partial charge in [0.25, 0.3) is 0 Å². The second-order valence-corrected chi connectivity index (χ2v) is 7.12. The molecule has 1 fully saturated rings. The van der Waals surface area contributed by atoms with E-state index >= 15 is 0 Å². The van der Waals surface area contributed by atoms with E-state index in [0.29, 0.717) is 12.8 Å². The Morgan fingerprint density at radius 3 is 2.96 bits per heavy atom. The highest BCUT2D eigenvalue weighted by atomic mass is 16.5. The van der Waals surface area contributed by atoms with E-state index < -0.39 is 0 Å². The molecule has 1 atom stereocenters. The van der Waals surface area contributed by atoms with Crippen LogP contribution in [0.4, 0.5) is 0 Å². The molecule has 0 radical (unpaired) electrons. The van der Waals surface area contributed by atoms with E-state index in [2.05, 4.69) is 10.1 Å². The highest BCUT2D eigenvalue weighted by Crippen LogP contribution is 2.27. The first-order valence-electron chi connectivity index (χ1n) is 9.26. The molecule has 3 heterocycles. The molecule has 1 aliphatic heterocycles. The van der Waals surface area contributed by atoms with Gasteiger partial charge in [-0.15, -0.1) is 0 Å². The van der Waals surface area contributed by atoms with E-state index in [1.54, 1.807) is 0 Å². The summed E-state index contributed by atoms with van der Waals surface area (Å²) in [4.78, 5) is 22.8. The minimum absolute atomic E-state index is 0.200. The Morgan fingerprint density at radius 2 is 2.19 bits per heavy atom. The molecule has 1 amide bonds. The van der Waals surface area contributed by atoms with Gasteiger partial charge in [-0.25, -0.2) is 4.98 Å². The van der Waals surface area contributed by atoms with Crippen LogP contribution in [-0.4, -0.2) is 39.0 Å². The fourth-order valence-electron chi connectivity index (χ4n) is 3.84. The Kier molecular flexibility index (Phi) is 4.49. The van der Waals surface area contributed by atoms with Crippen LogP contribution in [0.15, 0.2) is 28.8 Å². The molecular formula is C20H24N4O2. The highest BCUT2D eigenvalue weighted by Gasteiger charge is 2.27. The second-order valence-electron chi connectivity index (χ2n) is 7.12. The smallest absolute Gasteiger partial charge is 0.222 e. The maximum atomic E-state index is 12.7. The number of hydrogen-bond acceptors (Lipinski definition) is 4. The Balaban J connectivity index is 1.42. The number of para-hydroxylation sites is 2. The van der Waals surface area contributed by atoms with Crippen molar-refractivity contribution >= 4 is 16.9 Å². The monoisotopic (exact) mass is 352 g/mol. The molecule has 3 aromatic rings. The molecule has 4 rings (SSSR count). The number of rotatable bonds is 4. The fourth-order valence-corrected chi connectivity index (χ4v) is 3.84. The van der Waals surface area contributed by atoms with Gasteiger partial charge in [0.1, 0.15) is 11.6 Å². The molecule has 0 saturated carbocycles. The number of fused-ring (bicyclic) bond motifs is 1. The molecule has 1 N–H and O–H groups in total. The lowest BCUT2D eigenvalue weighted by atomic mass is 9.96. The van der Waals surface area contributed by atoms with E-state index in [4.69, 9.17) is 9.51 Å². The van der Waals surface area contributed by atoms with Crippen molar-refractivity contribution in [1.29, 1.82) is 0 Å². The summed E-state index contributed by atoms with van der Waals surface area (Å²) in [6.45, 7) is 5.39. The van der Waals surface area contributed by atoms with Gasteiger partial charge >= 0.3 is 0 Å². The van der Waals surface area contributed by atoms with Gasteiger partial charge in [0.15, 0.2) is 0 Å². The number of aryl methyl sites for hydroxylation is 2. The van der Waals surface area contributed by atoms with E-state index in [1.807, 2.05) is 43.0 Å². The number of carbonyl (C=O) groups is 1. The molecule has 0 unspecified atom stereocenters. The summed E-state index contributed by atoms with van der Waals surface area (Å²) in [6.07, 6.45) is 3.26. The highest BCUT2D eigenvalue weighted by molar-refractivity contribution is 5.77. The summed E-state index contributed by atoms with van der Waals surface area (Å²) in [7, 11) is 0. The minimum Gasteiger partial charge on any atom is -0.361 e. The van der Waals surface area contributed by atoms with Crippen LogP contribution in [0.1, 0.15) is 48.0 Å². The second kappa shape index (κ2) is 6.94. The lowest BCUT2D eigenvalue weighted by Crippen LogP contribution is -2.39. The van der Waals surface area contributed by atoms with Crippen molar-refractivity contribution in [3.05, 3.63) is 47.1 Å². The first-order valence-corrected chi connectivity index (χ1v) is 9.26. The molecule has 6 heteroatoms. The number of nitrogens with zero attached hydrogens (tertiary/aromatic N) is 3. The van der Waals surface area contributed by atoms with Gasteiger partial charge < -0.3 is 14.4 Å². The van der Waals surface area contributed by atoms with Gasteiger partial charge in [0, 0.05) is 31.0 Å². The largest absolute Gasteiger partial charge is 0.361 e. The lowest BCUT2D eigenvalue weighted by Gasteiger charge is -2.32. The average molecular weight is 352 g/mol. The third-order valence-corrected chi connectivity index (χ3v) is 5.34. The summed E-state index contributed by atoms with van der Waals surface area (Å²) in [6, 6.07) is 8.07. The van der Waals surface area contributed by atoms with Gasteiger partial charge in [0.2, 0.25) is 5.91 Å². The van der Waals surface area contributed by atoms with Crippen molar-refractivity contribution in [3.63, 3.8) is 0 Å². The summed E-state index contributed by atoms with van der Waals surface area (Å²) in [5, 5.41) is 3.97. The van der Waals surface area contributed by atoms with E-state index in [0.717, 1.165) is 59.8 Å². The lowest BCUT2D eigenvalue weighted by molar-refractivity contribution is -0.132. The number of aromatic nitrogens is 3.